The van der Waals surface area contributed by atoms with Crippen LogP contribution in [0.4, 0.5) is 5.69 Å². The van der Waals surface area contributed by atoms with E-state index in [9.17, 15) is 9.59 Å². The van der Waals surface area contributed by atoms with Gasteiger partial charge in [-0.3, -0.25) is 14.5 Å². The molecule has 8 heteroatoms. The van der Waals surface area contributed by atoms with Crippen molar-refractivity contribution in [1.29, 1.82) is 0 Å². The molecule has 0 fully saturated rings. The van der Waals surface area contributed by atoms with Gasteiger partial charge in [-0.05, 0) is 54.8 Å². The molecule has 0 aliphatic carbocycles. The summed E-state index contributed by atoms with van der Waals surface area (Å²) in [7, 11) is 3.17. The summed E-state index contributed by atoms with van der Waals surface area (Å²) < 4.78 is 16.1. The molecule has 0 spiro atoms. The molecule has 1 heterocycles. The third-order valence-electron chi connectivity index (χ3n) is 5.23. The van der Waals surface area contributed by atoms with Crippen LogP contribution in [-0.2, 0) is 20.7 Å². The van der Waals surface area contributed by atoms with Crippen molar-refractivity contribution < 1.29 is 23.8 Å². The Kier molecular flexibility index (Phi) is 7.76. The van der Waals surface area contributed by atoms with Crippen LogP contribution in [0.3, 0.4) is 0 Å². The second-order valence-corrected chi connectivity index (χ2v) is 7.65. The maximum absolute atomic E-state index is 12.7. The molecular weight excluding hydrogens is 420 g/mol. The first-order valence-corrected chi connectivity index (χ1v) is 10.5. The Balaban J connectivity index is 1.85. The van der Waals surface area contributed by atoms with Gasteiger partial charge in [0.25, 0.3) is 0 Å². The smallest absolute Gasteiger partial charge is 0.307 e. The molecular formula is C23H27ClN2O5. The molecule has 0 bridgehead atoms. The zero-order chi connectivity index (χ0) is 22.4. The Bertz CT molecular complexity index is 950. The predicted molar refractivity (Wildman–Crippen MR) is 119 cm³/mol. The van der Waals surface area contributed by atoms with E-state index in [4.69, 9.17) is 25.8 Å². The molecule has 0 saturated carbocycles. The standard InChI is InChI=1S/C23H27ClN2O5/c1-4-31-23(28)13-19-18-12-21(30-3)20(29-2)10-15(18)8-9-26(19)14-22(27)25-17-7-5-6-16(24)11-17/h5-7,10-12,19H,4,8-9,13-14H2,1-3H3,(H,25,27)/t19-/m1/s1. The van der Waals surface area contributed by atoms with Crippen molar-refractivity contribution in [2.24, 2.45) is 0 Å². The van der Waals surface area contributed by atoms with Crippen LogP contribution in [0.5, 0.6) is 11.5 Å². The summed E-state index contributed by atoms with van der Waals surface area (Å²) in [5.41, 5.74) is 2.63. The number of anilines is 1. The first-order chi connectivity index (χ1) is 14.9. The van der Waals surface area contributed by atoms with Gasteiger partial charge in [-0.2, -0.15) is 0 Å². The van der Waals surface area contributed by atoms with E-state index in [0.717, 1.165) is 17.5 Å². The number of carbonyl (C=O) groups is 2. The van der Waals surface area contributed by atoms with Gasteiger partial charge in [-0.1, -0.05) is 17.7 Å². The number of ether oxygens (including phenoxy) is 3. The van der Waals surface area contributed by atoms with Gasteiger partial charge in [0.05, 0.1) is 33.8 Å². The fourth-order valence-electron chi connectivity index (χ4n) is 3.84. The highest BCUT2D eigenvalue weighted by molar-refractivity contribution is 6.30. The topological polar surface area (TPSA) is 77.1 Å². The lowest BCUT2D eigenvalue weighted by Gasteiger charge is -2.37. The van der Waals surface area contributed by atoms with Gasteiger partial charge in [0.15, 0.2) is 11.5 Å². The van der Waals surface area contributed by atoms with Gasteiger partial charge in [0.2, 0.25) is 5.91 Å². The number of amides is 1. The Labute approximate surface area is 187 Å². The van der Waals surface area contributed by atoms with Crippen molar-refractivity contribution in [3.8, 4) is 11.5 Å². The van der Waals surface area contributed by atoms with Crippen LogP contribution in [-0.4, -0.2) is 50.7 Å². The van der Waals surface area contributed by atoms with E-state index in [1.807, 2.05) is 17.0 Å². The van der Waals surface area contributed by atoms with Crippen LogP contribution in [0, 0.1) is 0 Å². The minimum atomic E-state index is -0.312. The molecule has 1 aliphatic heterocycles. The van der Waals surface area contributed by atoms with Crippen LogP contribution >= 0.6 is 11.6 Å². The number of rotatable bonds is 8. The van der Waals surface area contributed by atoms with Gasteiger partial charge in [-0.25, -0.2) is 0 Å². The molecule has 1 aliphatic rings. The third-order valence-corrected chi connectivity index (χ3v) is 5.47. The van der Waals surface area contributed by atoms with Crippen molar-refractivity contribution in [3.05, 3.63) is 52.5 Å². The van der Waals surface area contributed by atoms with E-state index in [-0.39, 0.29) is 30.9 Å². The second-order valence-electron chi connectivity index (χ2n) is 7.21. The quantitative estimate of drug-likeness (QED) is 0.621. The highest BCUT2D eigenvalue weighted by Gasteiger charge is 2.32. The van der Waals surface area contributed by atoms with Gasteiger partial charge < -0.3 is 19.5 Å². The molecule has 2 aromatic carbocycles. The molecule has 3 rings (SSSR count). The van der Waals surface area contributed by atoms with Crippen LogP contribution in [0.15, 0.2) is 36.4 Å². The Morgan fingerprint density at radius 1 is 1.16 bits per heavy atom. The molecule has 7 nitrogen and oxygen atoms in total. The first kappa shape index (κ1) is 22.9. The fraction of sp³-hybridized carbons (Fsp3) is 0.391. The van der Waals surface area contributed by atoms with E-state index in [1.54, 1.807) is 45.4 Å². The normalized spacial score (nSPS) is 15.7. The minimum Gasteiger partial charge on any atom is -0.493 e. The zero-order valence-electron chi connectivity index (χ0n) is 17.9. The maximum Gasteiger partial charge on any atom is 0.307 e. The highest BCUT2D eigenvalue weighted by atomic mass is 35.5. The lowest BCUT2D eigenvalue weighted by molar-refractivity contribution is -0.145. The number of hydrogen-bond donors (Lipinski definition) is 1. The lowest BCUT2D eigenvalue weighted by Crippen LogP contribution is -2.41. The number of halogens is 1. The third kappa shape index (κ3) is 5.68. The average molecular weight is 447 g/mol. The SMILES string of the molecule is CCOC(=O)C[C@@H]1c2cc(OC)c(OC)cc2CCN1CC(=O)Nc1cccc(Cl)c1. The number of fused-ring (bicyclic) bond motifs is 1. The second kappa shape index (κ2) is 10.5. The summed E-state index contributed by atoms with van der Waals surface area (Å²) in [6.45, 7) is 2.83. The molecule has 0 radical (unpaired) electrons. The lowest BCUT2D eigenvalue weighted by atomic mass is 9.90. The van der Waals surface area contributed by atoms with E-state index < -0.39 is 0 Å². The van der Waals surface area contributed by atoms with Gasteiger partial charge in [0, 0.05) is 23.3 Å². The van der Waals surface area contributed by atoms with Gasteiger partial charge >= 0.3 is 5.97 Å². The summed E-state index contributed by atoms with van der Waals surface area (Å²) in [6, 6.07) is 10.5. The van der Waals surface area contributed by atoms with Crippen molar-refractivity contribution >= 4 is 29.2 Å². The number of carbonyl (C=O) groups excluding carboxylic acids is 2. The van der Waals surface area contributed by atoms with Gasteiger partial charge in [0.1, 0.15) is 0 Å². The number of methoxy groups -OCH3 is 2. The summed E-state index contributed by atoms with van der Waals surface area (Å²) >= 11 is 6.00. The number of hydrogen-bond acceptors (Lipinski definition) is 6. The molecule has 0 unspecified atom stereocenters. The van der Waals surface area contributed by atoms with Crippen LogP contribution < -0.4 is 14.8 Å². The molecule has 166 valence electrons. The highest BCUT2D eigenvalue weighted by Crippen LogP contribution is 2.39. The molecule has 31 heavy (non-hydrogen) atoms. The van der Waals surface area contributed by atoms with Crippen LogP contribution in [0.1, 0.15) is 30.5 Å². The predicted octanol–water partition coefficient (Wildman–Crippen LogP) is 3.85. The summed E-state index contributed by atoms with van der Waals surface area (Å²) in [5, 5.41) is 3.42. The number of benzene rings is 2. The van der Waals surface area contributed by atoms with E-state index >= 15 is 0 Å². The van der Waals surface area contributed by atoms with E-state index in [1.165, 1.54) is 0 Å². The Morgan fingerprint density at radius 3 is 2.58 bits per heavy atom. The first-order valence-electron chi connectivity index (χ1n) is 10.1. The van der Waals surface area contributed by atoms with Crippen LogP contribution in [0.2, 0.25) is 5.02 Å². The molecule has 2 aromatic rings. The van der Waals surface area contributed by atoms with Crippen molar-refractivity contribution in [3.63, 3.8) is 0 Å². The monoisotopic (exact) mass is 446 g/mol. The largest absolute Gasteiger partial charge is 0.493 e. The van der Waals surface area contributed by atoms with Crippen molar-refractivity contribution in [1.82, 2.24) is 4.90 Å². The molecule has 1 N–H and O–H groups in total. The van der Waals surface area contributed by atoms with Gasteiger partial charge in [-0.15, -0.1) is 0 Å². The molecule has 1 atom stereocenters. The molecule has 0 saturated heterocycles. The number of nitrogens with zero attached hydrogens (tertiary/aromatic N) is 1. The summed E-state index contributed by atoms with van der Waals surface area (Å²) in [6.07, 6.45) is 0.861. The molecule has 1 amide bonds. The average Bonchev–Trinajstić information content (AvgIpc) is 2.74. The number of esters is 1. The Hall–Kier alpha value is -2.77. The van der Waals surface area contributed by atoms with Crippen LogP contribution in [0.25, 0.3) is 0 Å². The zero-order valence-corrected chi connectivity index (χ0v) is 18.7. The summed E-state index contributed by atoms with van der Waals surface area (Å²) in [4.78, 5) is 27.1. The minimum absolute atomic E-state index is 0.129. The Morgan fingerprint density at radius 2 is 1.90 bits per heavy atom. The number of nitrogens with one attached hydrogen (secondary N) is 1. The fourth-order valence-corrected chi connectivity index (χ4v) is 4.03. The summed E-state index contributed by atoms with van der Waals surface area (Å²) in [5.74, 6) is 0.735. The van der Waals surface area contributed by atoms with E-state index in [0.29, 0.717) is 35.4 Å². The van der Waals surface area contributed by atoms with Crippen molar-refractivity contribution in [2.45, 2.75) is 25.8 Å². The van der Waals surface area contributed by atoms with Crippen molar-refractivity contribution in [2.75, 3.05) is 39.2 Å². The van der Waals surface area contributed by atoms with E-state index in [2.05, 4.69) is 5.32 Å². The molecule has 0 aromatic heterocycles. The maximum atomic E-state index is 12.7.